The minimum Gasteiger partial charge on any atom is -0.309 e. The Hall–Kier alpha value is -0.970. The molecule has 0 spiro atoms. The Kier molecular flexibility index (Phi) is 2.65. The van der Waals surface area contributed by atoms with E-state index in [1.165, 1.54) is 6.42 Å². The molecule has 0 bridgehead atoms. The molecule has 1 amide bonds. The Bertz CT molecular complexity index is 467. The summed E-state index contributed by atoms with van der Waals surface area (Å²) in [6, 6.07) is 0. The first-order valence-corrected chi connectivity index (χ1v) is 6.73. The predicted octanol–water partition coefficient (Wildman–Crippen LogP) is 2.53. The lowest BCUT2D eigenvalue weighted by atomic mass is 10.0. The van der Waals surface area contributed by atoms with Crippen molar-refractivity contribution in [3.63, 3.8) is 0 Å². The number of fused-ring (bicyclic) bond motifs is 1. The van der Waals surface area contributed by atoms with Gasteiger partial charge in [-0.2, -0.15) is 0 Å². The van der Waals surface area contributed by atoms with Gasteiger partial charge in [0.25, 0.3) is 0 Å². The quantitative estimate of drug-likeness (QED) is 0.912. The molecule has 2 fully saturated rings. The standard InChI is InChI=1S/C12H14BrN3O/c1-6-11(13)15-10(5-14-6)16-12(17)9-3-7-2-8(7)4-9/h5,7-9H,2-4H2,1H3,(H,15,16,17). The molecule has 4 nitrogen and oxygen atoms in total. The third-order valence-corrected chi connectivity index (χ3v) is 4.51. The monoisotopic (exact) mass is 295 g/mol. The molecule has 2 aliphatic carbocycles. The van der Waals surface area contributed by atoms with Crippen molar-refractivity contribution in [1.82, 2.24) is 9.97 Å². The molecule has 3 rings (SSSR count). The van der Waals surface area contributed by atoms with Crippen molar-refractivity contribution in [3.05, 3.63) is 16.5 Å². The average molecular weight is 296 g/mol. The molecule has 1 heterocycles. The van der Waals surface area contributed by atoms with Gasteiger partial charge in [-0.15, -0.1) is 0 Å². The van der Waals surface area contributed by atoms with E-state index in [9.17, 15) is 4.79 Å². The van der Waals surface area contributed by atoms with E-state index in [0.29, 0.717) is 10.4 Å². The van der Waals surface area contributed by atoms with Crippen LogP contribution in [0.5, 0.6) is 0 Å². The van der Waals surface area contributed by atoms with Gasteiger partial charge < -0.3 is 5.32 Å². The lowest BCUT2D eigenvalue weighted by molar-refractivity contribution is -0.120. The van der Waals surface area contributed by atoms with E-state index >= 15 is 0 Å². The van der Waals surface area contributed by atoms with Crippen LogP contribution in [0.15, 0.2) is 10.8 Å². The number of carbonyl (C=O) groups excluding carboxylic acids is 1. The van der Waals surface area contributed by atoms with Crippen LogP contribution in [0.4, 0.5) is 5.82 Å². The Morgan fingerprint density at radius 3 is 2.76 bits per heavy atom. The number of hydrogen-bond acceptors (Lipinski definition) is 3. The number of aromatic nitrogens is 2. The van der Waals surface area contributed by atoms with Gasteiger partial charge in [-0.25, -0.2) is 4.98 Å². The maximum Gasteiger partial charge on any atom is 0.228 e. The normalized spacial score (nSPS) is 29.9. The highest BCUT2D eigenvalue weighted by atomic mass is 79.9. The zero-order valence-corrected chi connectivity index (χ0v) is 11.2. The Morgan fingerprint density at radius 1 is 1.41 bits per heavy atom. The second-order valence-corrected chi connectivity index (χ2v) is 5.80. The molecular weight excluding hydrogens is 282 g/mol. The number of aryl methyl sites for hydroxylation is 1. The Labute approximate surface area is 108 Å². The first kappa shape index (κ1) is 11.1. The minimum atomic E-state index is 0.0993. The van der Waals surface area contributed by atoms with Gasteiger partial charge in [0.15, 0.2) is 5.82 Å². The van der Waals surface area contributed by atoms with Crippen LogP contribution in [0.2, 0.25) is 0 Å². The topological polar surface area (TPSA) is 54.9 Å². The van der Waals surface area contributed by atoms with E-state index in [-0.39, 0.29) is 11.8 Å². The zero-order valence-electron chi connectivity index (χ0n) is 9.61. The summed E-state index contributed by atoms with van der Waals surface area (Å²) in [5, 5.41) is 2.85. The fraction of sp³-hybridized carbons (Fsp3) is 0.583. The molecule has 5 heteroatoms. The van der Waals surface area contributed by atoms with Crippen LogP contribution in [0.3, 0.4) is 0 Å². The number of carbonyl (C=O) groups is 1. The number of anilines is 1. The lowest BCUT2D eigenvalue weighted by Gasteiger charge is -2.11. The van der Waals surface area contributed by atoms with Gasteiger partial charge in [-0.3, -0.25) is 9.78 Å². The van der Waals surface area contributed by atoms with Crippen LogP contribution in [-0.4, -0.2) is 15.9 Å². The van der Waals surface area contributed by atoms with Crippen LogP contribution in [-0.2, 0) is 4.79 Å². The second-order valence-electron chi connectivity index (χ2n) is 5.04. The Balaban J connectivity index is 1.65. The summed E-state index contributed by atoms with van der Waals surface area (Å²) in [5.74, 6) is 2.46. The maximum atomic E-state index is 12.0. The molecule has 2 saturated carbocycles. The number of rotatable bonds is 2. The molecular formula is C12H14BrN3O. The molecule has 0 aliphatic heterocycles. The number of nitrogens with zero attached hydrogens (tertiary/aromatic N) is 2. The molecule has 1 aromatic heterocycles. The first-order valence-electron chi connectivity index (χ1n) is 5.93. The van der Waals surface area contributed by atoms with Crippen molar-refractivity contribution in [2.24, 2.45) is 17.8 Å². The zero-order chi connectivity index (χ0) is 12.0. The average Bonchev–Trinajstić information content (AvgIpc) is 2.91. The van der Waals surface area contributed by atoms with Gasteiger partial charge in [0.1, 0.15) is 4.60 Å². The fourth-order valence-electron chi connectivity index (χ4n) is 2.64. The summed E-state index contributed by atoms with van der Waals surface area (Å²) >= 11 is 3.31. The summed E-state index contributed by atoms with van der Waals surface area (Å²) in [7, 11) is 0. The van der Waals surface area contributed by atoms with Crippen molar-refractivity contribution >= 4 is 27.7 Å². The van der Waals surface area contributed by atoms with Crippen molar-refractivity contribution in [1.29, 1.82) is 0 Å². The van der Waals surface area contributed by atoms with E-state index in [1.54, 1.807) is 6.20 Å². The SMILES string of the molecule is Cc1ncc(NC(=O)C2CC3CC3C2)nc1Br. The van der Waals surface area contributed by atoms with Crippen LogP contribution < -0.4 is 5.32 Å². The minimum absolute atomic E-state index is 0.0993. The summed E-state index contributed by atoms with van der Waals surface area (Å²) in [4.78, 5) is 20.4. The summed E-state index contributed by atoms with van der Waals surface area (Å²) < 4.78 is 0.685. The van der Waals surface area contributed by atoms with E-state index < -0.39 is 0 Å². The highest BCUT2D eigenvalue weighted by molar-refractivity contribution is 9.10. The van der Waals surface area contributed by atoms with Gasteiger partial charge >= 0.3 is 0 Å². The molecule has 2 atom stereocenters. The molecule has 90 valence electrons. The van der Waals surface area contributed by atoms with E-state index in [0.717, 1.165) is 30.4 Å². The first-order chi connectivity index (χ1) is 8.13. The van der Waals surface area contributed by atoms with E-state index in [1.807, 2.05) is 6.92 Å². The van der Waals surface area contributed by atoms with Crippen molar-refractivity contribution in [3.8, 4) is 0 Å². The lowest BCUT2D eigenvalue weighted by Crippen LogP contribution is -2.22. The van der Waals surface area contributed by atoms with Crippen molar-refractivity contribution in [2.45, 2.75) is 26.2 Å². The van der Waals surface area contributed by atoms with Crippen LogP contribution in [0, 0.1) is 24.7 Å². The molecule has 0 saturated heterocycles. The van der Waals surface area contributed by atoms with Crippen molar-refractivity contribution < 1.29 is 4.79 Å². The molecule has 1 aromatic rings. The van der Waals surface area contributed by atoms with Gasteiger partial charge in [-0.05, 0) is 54.0 Å². The number of halogens is 1. The Morgan fingerprint density at radius 2 is 2.12 bits per heavy atom. The van der Waals surface area contributed by atoms with Gasteiger partial charge in [-0.1, -0.05) is 0 Å². The van der Waals surface area contributed by atoms with Gasteiger partial charge in [0.05, 0.1) is 11.9 Å². The smallest absolute Gasteiger partial charge is 0.228 e. The molecule has 0 radical (unpaired) electrons. The largest absolute Gasteiger partial charge is 0.309 e. The van der Waals surface area contributed by atoms with Gasteiger partial charge in [0.2, 0.25) is 5.91 Å². The number of hydrogen-bond donors (Lipinski definition) is 1. The fourth-order valence-corrected chi connectivity index (χ4v) is 2.94. The number of nitrogens with one attached hydrogen (secondary N) is 1. The second kappa shape index (κ2) is 4.05. The van der Waals surface area contributed by atoms with E-state index in [2.05, 4.69) is 31.2 Å². The molecule has 17 heavy (non-hydrogen) atoms. The van der Waals surface area contributed by atoms with Crippen LogP contribution in [0.1, 0.15) is 25.0 Å². The third-order valence-electron chi connectivity index (χ3n) is 3.76. The van der Waals surface area contributed by atoms with Crippen LogP contribution in [0.25, 0.3) is 0 Å². The third kappa shape index (κ3) is 2.20. The summed E-state index contributed by atoms with van der Waals surface area (Å²) in [6.45, 7) is 1.87. The molecule has 0 aromatic carbocycles. The number of amides is 1. The predicted molar refractivity (Wildman–Crippen MR) is 67.4 cm³/mol. The highest BCUT2D eigenvalue weighted by Crippen LogP contribution is 2.54. The summed E-state index contributed by atoms with van der Waals surface area (Å²) in [5.41, 5.74) is 0.824. The van der Waals surface area contributed by atoms with Gasteiger partial charge in [0, 0.05) is 5.92 Å². The molecule has 2 aliphatic rings. The molecule has 1 N–H and O–H groups in total. The molecule has 2 unspecified atom stereocenters. The van der Waals surface area contributed by atoms with Crippen molar-refractivity contribution in [2.75, 3.05) is 5.32 Å². The maximum absolute atomic E-state index is 12.0. The van der Waals surface area contributed by atoms with E-state index in [4.69, 9.17) is 0 Å². The summed E-state index contributed by atoms with van der Waals surface area (Å²) in [6.07, 6.45) is 5.04. The van der Waals surface area contributed by atoms with Crippen LogP contribution >= 0.6 is 15.9 Å². The highest BCUT2D eigenvalue weighted by Gasteiger charge is 2.48.